The van der Waals surface area contributed by atoms with Crippen molar-refractivity contribution in [3.8, 4) is 17.2 Å². The maximum absolute atomic E-state index is 12.4. The van der Waals surface area contributed by atoms with Crippen molar-refractivity contribution in [2.45, 2.75) is 13.2 Å². The normalized spacial score (nSPS) is 11.8. The SMILES string of the molecule is C=C(C)C(O)OCCOc1ccc(C(=O)c2ccccc2O)c(O)c1. The van der Waals surface area contributed by atoms with E-state index in [4.69, 9.17) is 9.47 Å². The third-order valence-corrected chi connectivity index (χ3v) is 3.41. The Hall–Kier alpha value is -2.83. The minimum atomic E-state index is -1.05. The predicted molar refractivity (Wildman–Crippen MR) is 91.9 cm³/mol. The lowest BCUT2D eigenvalue weighted by Crippen LogP contribution is -2.17. The van der Waals surface area contributed by atoms with Crippen LogP contribution in [0, 0.1) is 0 Å². The van der Waals surface area contributed by atoms with E-state index in [9.17, 15) is 20.1 Å². The fourth-order valence-electron chi connectivity index (χ4n) is 2.07. The number of ketones is 1. The van der Waals surface area contributed by atoms with Crippen LogP contribution in [-0.2, 0) is 4.74 Å². The fraction of sp³-hybridized carbons (Fsp3) is 0.211. The van der Waals surface area contributed by atoms with E-state index in [1.807, 2.05) is 0 Å². The van der Waals surface area contributed by atoms with E-state index >= 15 is 0 Å². The fourth-order valence-corrected chi connectivity index (χ4v) is 2.07. The molecule has 2 rings (SSSR count). The monoisotopic (exact) mass is 344 g/mol. The first-order chi connectivity index (χ1) is 11.9. The Morgan fingerprint density at radius 1 is 1.08 bits per heavy atom. The van der Waals surface area contributed by atoms with Crippen LogP contribution in [0.3, 0.4) is 0 Å². The number of aliphatic hydroxyl groups excluding tert-OH is 1. The van der Waals surface area contributed by atoms with Crippen molar-refractivity contribution in [2.75, 3.05) is 13.2 Å². The number of aliphatic hydroxyl groups is 1. The van der Waals surface area contributed by atoms with E-state index in [2.05, 4.69) is 6.58 Å². The first kappa shape index (κ1) is 18.5. The number of carbonyl (C=O) groups excluding carboxylic acids is 1. The second-order valence-corrected chi connectivity index (χ2v) is 5.44. The quantitative estimate of drug-likeness (QED) is 0.295. The lowest BCUT2D eigenvalue weighted by molar-refractivity contribution is -0.0787. The molecule has 3 N–H and O–H groups in total. The molecule has 0 fully saturated rings. The highest BCUT2D eigenvalue weighted by Crippen LogP contribution is 2.28. The number of carbonyl (C=O) groups is 1. The van der Waals surface area contributed by atoms with Crippen LogP contribution in [0.15, 0.2) is 54.6 Å². The molecule has 1 atom stereocenters. The molecule has 0 aliphatic carbocycles. The van der Waals surface area contributed by atoms with Gasteiger partial charge in [-0.15, -0.1) is 0 Å². The smallest absolute Gasteiger partial charge is 0.200 e. The number of aromatic hydroxyl groups is 2. The highest BCUT2D eigenvalue weighted by molar-refractivity contribution is 6.12. The summed E-state index contributed by atoms with van der Waals surface area (Å²) in [4.78, 5) is 12.4. The van der Waals surface area contributed by atoms with Crippen LogP contribution < -0.4 is 4.74 Å². The average molecular weight is 344 g/mol. The summed E-state index contributed by atoms with van der Waals surface area (Å²) in [5, 5.41) is 29.2. The van der Waals surface area contributed by atoms with Crippen LogP contribution >= 0.6 is 0 Å². The first-order valence-electron chi connectivity index (χ1n) is 7.63. The molecule has 0 saturated heterocycles. The standard InChI is InChI=1S/C19H20O6/c1-12(2)19(23)25-10-9-24-13-7-8-15(17(21)11-13)18(22)14-5-3-4-6-16(14)20/h3-8,11,19-21,23H,1,9-10H2,2H3. The molecule has 0 aliphatic rings. The number of benzene rings is 2. The third-order valence-electron chi connectivity index (χ3n) is 3.41. The number of phenols is 2. The van der Waals surface area contributed by atoms with E-state index in [1.165, 1.54) is 30.3 Å². The molecule has 0 bridgehead atoms. The topological polar surface area (TPSA) is 96.2 Å². The van der Waals surface area contributed by atoms with Gasteiger partial charge in [0.25, 0.3) is 0 Å². The Bertz CT molecular complexity index is 768. The zero-order valence-corrected chi connectivity index (χ0v) is 13.8. The highest BCUT2D eigenvalue weighted by atomic mass is 16.6. The van der Waals surface area contributed by atoms with Gasteiger partial charge in [-0.25, -0.2) is 0 Å². The van der Waals surface area contributed by atoms with Crippen molar-refractivity contribution < 1.29 is 29.6 Å². The second-order valence-electron chi connectivity index (χ2n) is 5.44. The summed E-state index contributed by atoms with van der Waals surface area (Å²) in [5.41, 5.74) is 0.654. The number of hydrogen-bond acceptors (Lipinski definition) is 6. The second kappa shape index (κ2) is 8.32. The summed E-state index contributed by atoms with van der Waals surface area (Å²) in [7, 11) is 0. The van der Waals surface area contributed by atoms with E-state index in [0.29, 0.717) is 11.3 Å². The lowest BCUT2D eigenvalue weighted by atomic mass is 10.0. The van der Waals surface area contributed by atoms with E-state index < -0.39 is 12.1 Å². The lowest BCUT2D eigenvalue weighted by Gasteiger charge is -2.13. The van der Waals surface area contributed by atoms with Crippen molar-refractivity contribution in [2.24, 2.45) is 0 Å². The van der Waals surface area contributed by atoms with Gasteiger partial charge in [0, 0.05) is 6.07 Å². The maximum atomic E-state index is 12.4. The van der Waals surface area contributed by atoms with Crippen molar-refractivity contribution in [1.29, 1.82) is 0 Å². The summed E-state index contributed by atoms with van der Waals surface area (Å²) < 4.78 is 10.5. The van der Waals surface area contributed by atoms with Crippen LogP contribution in [0.2, 0.25) is 0 Å². The number of phenolic OH excluding ortho intramolecular Hbond substituents is 2. The molecule has 6 heteroatoms. The molecule has 0 spiro atoms. The summed E-state index contributed by atoms with van der Waals surface area (Å²) in [6.45, 7) is 5.49. The molecule has 2 aromatic rings. The van der Waals surface area contributed by atoms with E-state index in [-0.39, 0.29) is 35.8 Å². The first-order valence-corrected chi connectivity index (χ1v) is 7.63. The number of rotatable bonds is 8. The van der Waals surface area contributed by atoms with Gasteiger partial charge in [-0.3, -0.25) is 4.79 Å². The van der Waals surface area contributed by atoms with Crippen LogP contribution in [0.5, 0.6) is 17.2 Å². The molecule has 0 aliphatic heterocycles. The average Bonchev–Trinajstić information content (AvgIpc) is 2.58. The van der Waals surface area contributed by atoms with E-state index in [0.717, 1.165) is 0 Å². The van der Waals surface area contributed by atoms with Gasteiger partial charge in [-0.1, -0.05) is 18.7 Å². The predicted octanol–water partition coefficient (Wildman–Crippen LogP) is 2.62. The van der Waals surface area contributed by atoms with Crippen LogP contribution in [0.4, 0.5) is 0 Å². The molecule has 0 heterocycles. The Labute approximate surface area is 145 Å². The van der Waals surface area contributed by atoms with Crippen LogP contribution in [0.1, 0.15) is 22.8 Å². The summed E-state index contributed by atoms with van der Waals surface area (Å²) in [6, 6.07) is 10.4. The van der Waals surface area contributed by atoms with Gasteiger partial charge in [-0.05, 0) is 36.8 Å². The van der Waals surface area contributed by atoms with Crippen molar-refractivity contribution in [3.05, 3.63) is 65.7 Å². The summed E-state index contributed by atoms with van der Waals surface area (Å²) in [6.07, 6.45) is -1.05. The molecule has 0 saturated carbocycles. The van der Waals surface area contributed by atoms with Crippen molar-refractivity contribution in [3.63, 3.8) is 0 Å². The molecule has 2 aromatic carbocycles. The third kappa shape index (κ3) is 4.82. The highest BCUT2D eigenvalue weighted by Gasteiger charge is 2.17. The molecule has 0 aromatic heterocycles. The Balaban J connectivity index is 2.00. The van der Waals surface area contributed by atoms with Gasteiger partial charge in [-0.2, -0.15) is 0 Å². The van der Waals surface area contributed by atoms with Gasteiger partial charge in [0.15, 0.2) is 12.1 Å². The minimum absolute atomic E-state index is 0.0582. The van der Waals surface area contributed by atoms with Crippen molar-refractivity contribution >= 4 is 5.78 Å². The Morgan fingerprint density at radius 3 is 2.40 bits per heavy atom. The number of ether oxygens (including phenoxy) is 2. The molecule has 25 heavy (non-hydrogen) atoms. The largest absolute Gasteiger partial charge is 0.507 e. The zero-order chi connectivity index (χ0) is 18.4. The molecule has 132 valence electrons. The molecule has 0 amide bonds. The Kier molecular flexibility index (Phi) is 6.16. The molecule has 0 radical (unpaired) electrons. The van der Waals surface area contributed by atoms with Gasteiger partial charge in [0.2, 0.25) is 0 Å². The van der Waals surface area contributed by atoms with Gasteiger partial charge in [0.05, 0.1) is 17.7 Å². The van der Waals surface area contributed by atoms with Gasteiger partial charge >= 0.3 is 0 Å². The molecular formula is C19H20O6. The maximum Gasteiger partial charge on any atom is 0.200 e. The number of hydrogen-bond donors (Lipinski definition) is 3. The van der Waals surface area contributed by atoms with Crippen LogP contribution in [0.25, 0.3) is 0 Å². The van der Waals surface area contributed by atoms with E-state index in [1.54, 1.807) is 19.1 Å². The molecule has 1 unspecified atom stereocenters. The molecular weight excluding hydrogens is 324 g/mol. The van der Waals surface area contributed by atoms with Gasteiger partial charge in [0.1, 0.15) is 23.9 Å². The summed E-state index contributed by atoms with van der Waals surface area (Å²) >= 11 is 0. The zero-order valence-electron chi connectivity index (χ0n) is 13.8. The van der Waals surface area contributed by atoms with Crippen molar-refractivity contribution in [1.82, 2.24) is 0 Å². The Morgan fingerprint density at radius 2 is 1.76 bits per heavy atom. The minimum Gasteiger partial charge on any atom is -0.507 e. The number of para-hydroxylation sites is 1. The van der Waals surface area contributed by atoms with Gasteiger partial charge < -0.3 is 24.8 Å². The summed E-state index contributed by atoms with van der Waals surface area (Å²) in [5.74, 6) is -0.552. The molecule has 6 nitrogen and oxygen atoms in total. The van der Waals surface area contributed by atoms with Crippen LogP contribution in [-0.4, -0.2) is 40.6 Å².